The quantitative estimate of drug-likeness (QED) is 0.543. The number of aromatic nitrogens is 3. The minimum Gasteiger partial charge on any atom is -0.352 e. The smallest absolute Gasteiger partial charge is 0.288 e. The largest absolute Gasteiger partial charge is 0.352 e. The van der Waals surface area contributed by atoms with Gasteiger partial charge >= 0.3 is 0 Å². The lowest BCUT2D eigenvalue weighted by atomic mass is 10.1. The molecule has 5 heteroatoms. The van der Waals surface area contributed by atoms with Crippen LogP contribution in [0.25, 0.3) is 10.9 Å². The molecule has 2 aromatic rings. The van der Waals surface area contributed by atoms with Crippen molar-refractivity contribution in [3.8, 4) is 0 Å². The van der Waals surface area contributed by atoms with Crippen LogP contribution in [0.3, 0.4) is 0 Å². The first-order valence-corrected chi connectivity index (χ1v) is 4.64. The van der Waals surface area contributed by atoms with Gasteiger partial charge in [-0.3, -0.25) is 4.79 Å². The molecule has 0 fully saturated rings. The Labute approximate surface area is 79.5 Å². The predicted molar refractivity (Wildman–Crippen MR) is 52.1 cm³/mol. The van der Waals surface area contributed by atoms with Gasteiger partial charge in [0.1, 0.15) is 5.52 Å². The Balaban J connectivity index is 2.42. The van der Waals surface area contributed by atoms with Gasteiger partial charge in [-0.15, -0.1) is 0 Å². The van der Waals surface area contributed by atoms with Crippen LogP contribution in [0.1, 0.15) is 11.3 Å². The molecule has 1 aliphatic rings. The molecule has 2 aromatic heterocycles. The van der Waals surface area contributed by atoms with Gasteiger partial charge in [-0.1, -0.05) is 0 Å². The Morgan fingerprint density at radius 1 is 1.43 bits per heavy atom. The summed E-state index contributed by atoms with van der Waals surface area (Å²) in [5, 5.41) is 10.5. The summed E-state index contributed by atoms with van der Waals surface area (Å²) in [4.78, 5) is 14.6. The lowest BCUT2D eigenvalue weighted by Gasteiger charge is -2.11. The summed E-state index contributed by atoms with van der Waals surface area (Å²) in [6.45, 7) is 1.77. The molecule has 0 radical (unpaired) electrons. The topological polar surface area (TPSA) is 73.6 Å². The van der Waals surface area contributed by atoms with Gasteiger partial charge in [-0.25, -0.2) is 5.10 Å². The second-order valence-electron chi connectivity index (χ2n) is 3.50. The van der Waals surface area contributed by atoms with Crippen LogP contribution in [-0.4, -0.2) is 21.7 Å². The van der Waals surface area contributed by atoms with E-state index in [1.165, 1.54) is 5.56 Å². The molecule has 0 spiro atoms. The standard InChI is InChI=1S/C9H10N4O/c14-9-8-6(3-11-13-9)5-1-2-10-4-7(5)12-8/h3,10,12H,1-2,4H2,(H,13,14). The first-order valence-electron chi connectivity index (χ1n) is 4.64. The van der Waals surface area contributed by atoms with Gasteiger partial charge in [0.2, 0.25) is 0 Å². The summed E-state index contributed by atoms with van der Waals surface area (Å²) in [6.07, 6.45) is 2.68. The number of hydrogen-bond donors (Lipinski definition) is 3. The summed E-state index contributed by atoms with van der Waals surface area (Å²) in [7, 11) is 0. The molecule has 0 aliphatic carbocycles. The van der Waals surface area contributed by atoms with E-state index in [2.05, 4.69) is 20.5 Å². The molecule has 0 atom stereocenters. The van der Waals surface area contributed by atoms with E-state index in [0.29, 0.717) is 5.52 Å². The molecule has 0 unspecified atom stereocenters. The monoisotopic (exact) mass is 190 g/mol. The van der Waals surface area contributed by atoms with Crippen LogP contribution >= 0.6 is 0 Å². The van der Waals surface area contributed by atoms with E-state index in [9.17, 15) is 4.79 Å². The van der Waals surface area contributed by atoms with Crippen LogP contribution in [0.5, 0.6) is 0 Å². The summed E-state index contributed by atoms with van der Waals surface area (Å²) in [5.74, 6) is 0. The van der Waals surface area contributed by atoms with Crippen LogP contribution in [0.15, 0.2) is 11.0 Å². The van der Waals surface area contributed by atoms with Crippen molar-refractivity contribution < 1.29 is 0 Å². The second kappa shape index (κ2) is 2.68. The molecule has 0 bridgehead atoms. The molecule has 3 heterocycles. The SMILES string of the molecule is O=c1[nH]ncc2c3c([nH]c12)CNCC3. The minimum atomic E-state index is -0.142. The van der Waals surface area contributed by atoms with Crippen LogP contribution in [0.2, 0.25) is 0 Å². The summed E-state index contributed by atoms with van der Waals surface area (Å²) in [5.41, 5.74) is 2.85. The highest BCUT2D eigenvalue weighted by Crippen LogP contribution is 2.21. The fourth-order valence-electron chi connectivity index (χ4n) is 2.00. The Morgan fingerprint density at radius 3 is 3.29 bits per heavy atom. The molecule has 3 N–H and O–H groups in total. The number of H-pyrrole nitrogens is 2. The molecule has 1 aliphatic heterocycles. The molecular weight excluding hydrogens is 180 g/mol. The van der Waals surface area contributed by atoms with E-state index in [0.717, 1.165) is 30.6 Å². The molecule has 14 heavy (non-hydrogen) atoms. The second-order valence-corrected chi connectivity index (χ2v) is 3.50. The average molecular weight is 190 g/mol. The maximum atomic E-state index is 11.4. The molecule has 0 aromatic carbocycles. The van der Waals surface area contributed by atoms with Gasteiger partial charge in [-0.2, -0.15) is 5.10 Å². The fourth-order valence-corrected chi connectivity index (χ4v) is 2.00. The zero-order valence-electron chi connectivity index (χ0n) is 7.55. The van der Waals surface area contributed by atoms with Crippen molar-refractivity contribution in [1.82, 2.24) is 20.5 Å². The zero-order chi connectivity index (χ0) is 9.54. The highest BCUT2D eigenvalue weighted by molar-refractivity contribution is 5.83. The van der Waals surface area contributed by atoms with Crippen molar-refractivity contribution in [2.24, 2.45) is 0 Å². The maximum Gasteiger partial charge on any atom is 0.288 e. The Kier molecular flexibility index (Phi) is 1.49. The lowest BCUT2D eigenvalue weighted by Crippen LogP contribution is -2.22. The molecule has 0 saturated carbocycles. The van der Waals surface area contributed by atoms with Crippen molar-refractivity contribution in [3.05, 3.63) is 27.8 Å². The third-order valence-electron chi connectivity index (χ3n) is 2.67. The van der Waals surface area contributed by atoms with Crippen LogP contribution < -0.4 is 10.9 Å². The highest BCUT2D eigenvalue weighted by Gasteiger charge is 2.16. The van der Waals surface area contributed by atoms with E-state index in [4.69, 9.17) is 0 Å². The van der Waals surface area contributed by atoms with Gasteiger partial charge in [0, 0.05) is 17.6 Å². The molecule has 5 nitrogen and oxygen atoms in total. The third kappa shape index (κ3) is 0.927. The Morgan fingerprint density at radius 2 is 2.36 bits per heavy atom. The number of aromatic amines is 2. The molecule has 72 valence electrons. The van der Waals surface area contributed by atoms with Crippen molar-refractivity contribution in [3.63, 3.8) is 0 Å². The summed E-state index contributed by atoms with van der Waals surface area (Å²) in [6, 6.07) is 0. The van der Waals surface area contributed by atoms with Crippen molar-refractivity contribution in [1.29, 1.82) is 0 Å². The van der Waals surface area contributed by atoms with Gasteiger partial charge in [0.05, 0.1) is 6.20 Å². The van der Waals surface area contributed by atoms with Gasteiger partial charge in [-0.05, 0) is 18.5 Å². The highest BCUT2D eigenvalue weighted by atomic mass is 16.1. The summed E-state index contributed by atoms with van der Waals surface area (Å²) >= 11 is 0. The van der Waals surface area contributed by atoms with Crippen molar-refractivity contribution in [2.45, 2.75) is 13.0 Å². The number of rotatable bonds is 0. The fraction of sp³-hybridized carbons (Fsp3) is 0.333. The molecular formula is C9H10N4O. The maximum absolute atomic E-state index is 11.4. The van der Waals surface area contributed by atoms with Crippen molar-refractivity contribution >= 4 is 10.9 Å². The average Bonchev–Trinajstić information content (AvgIpc) is 2.59. The molecule has 3 rings (SSSR count). The van der Waals surface area contributed by atoms with E-state index in [1.807, 2.05) is 0 Å². The summed E-state index contributed by atoms with van der Waals surface area (Å²) < 4.78 is 0. The van der Waals surface area contributed by atoms with Crippen LogP contribution in [0, 0.1) is 0 Å². The molecule has 0 saturated heterocycles. The number of fused-ring (bicyclic) bond motifs is 3. The molecule has 0 amide bonds. The van der Waals surface area contributed by atoms with Crippen LogP contribution in [0.4, 0.5) is 0 Å². The first kappa shape index (κ1) is 7.75. The van der Waals surface area contributed by atoms with Gasteiger partial charge in [0.15, 0.2) is 0 Å². The minimum absolute atomic E-state index is 0.142. The predicted octanol–water partition coefficient (Wildman–Crippen LogP) is -0.103. The Bertz CT molecular complexity index is 539. The lowest BCUT2D eigenvalue weighted by molar-refractivity contribution is 0.637. The Hall–Kier alpha value is -1.62. The van der Waals surface area contributed by atoms with Crippen molar-refractivity contribution in [2.75, 3.05) is 6.54 Å². The van der Waals surface area contributed by atoms with E-state index in [-0.39, 0.29) is 5.56 Å². The first-order chi connectivity index (χ1) is 6.86. The normalized spacial score (nSPS) is 15.7. The van der Waals surface area contributed by atoms with Crippen LogP contribution in [-0.2, 0) is 13.0 Å². The van der Waals surface area contributed by atoms with E-state index in [1.54, 1.807) is 6.20 Å². The number of nitrogens with one attached hydrogen (secondary N) is 3. The third-order valence-corrected chi connectivity index (χ3v) is 2.67. The van der Waals surface area contributed by atoms with Gasteiger partial charge in [0.25, 0.3) is 5.56 Å². The number of hydrogen-bond acceptors (Lipinski definition) is 3. The number of nitrogens with zero attached hydrogens (tertiary/aromatic N) is 1. The van der Waals surface area contributed by atoms with E-state index < -0.39 is 0 Å². The van der Waals surface area contributed by atoms with Gasteiger partial charge < -0.3 is 10.3 Å². The zero-order valence-corrected chi connectivity index (χ0v) is 7.55. The van der Waals surface area contributed by atoms with E-state index >= 15 is 0 Å².